The van der Waals surface area contributed by atoms with Gasteiger partial charge in [-0.25, -0.2) is 0 Å². The summed E-state index contributed by atoms with van der Waals surface area (Å²) in [7, 11) is 0. The van der Waals surface area contributed by atoms with Crippen LogP contribution in [0.25, 0.3) is 0 Å². The maximum atomic E-state index is 3.58. The Kier molecular flexibility index (Phi) is 3.21. The van der Waals surface area contributed by atoms with Gasteiger partial charge >= 0.3 is 0 Å². The van der Waals surface area contributed by atoms with Gasteiger partial charge < -0.3 is 5.32 Å². The largest absolute Gasteiger partial charge is 0.314 e. The van der Waals surface area contributed by atoms with Crippen LogP contribution in [0.15, 0.2) is 0 Å². The van der Waals surface area contributed by atoms with Gasteiger partial charge in [0.05, 0.1) is 0 Å². The Hall–Kier alpha value is -0.0800. The normalized spacial score (nSPS) is 45.6. The number of piperidine rings is 2. The van der Waals surface area contributed by atoms with E-state index in [9.17, 15) is 0 Å². The fourth-order valence-corrected chi connectivity index (χ4v) is 4.35. The zero-order chi connectivity index (χ0) is 11.0. The van der Waals surface area contributed by atoms with Crippen molar-refractivity contribution in [2.24, 2.45) is 5.92 Å². The van der Waals surface area contributed by atoms with Gasteiger partial charge in [0.15, 0.2) is 0 Å². The van der Waals surface area contributed by atoms with Crippen LogP contribution in [-0.2, 0) is 0 Å². The van der Waals surface area contributed by atoms with Gasteiger partial charge in [0.25, 0.3) is 0 Å². The molecule has 0 amide bonds. The average Bonchev–Trinajstić information content (AvgIpc) is 2.76. The third-order valence-electron chi connectivity index (χ3n) is 5.10. The van der Waals surface area contributed by atoms with Crippen LogP contribution in [0, 0.1) is 5.92 Å². The first-order valence-corrected chi connectivity index (χ1v) is 7.34. The highest BCUT2D eigenvalue weighted by Crippen LogP contribution is 2.38. The van der Waals surface area contributed by atoms with Gasteiger partial charge in [-0.05, 0) is 64.5 Å². The van der Waals surface area contributed by atoms with Crippen molar-refractivity contribution in [3.63, 3.8) is 0 Å². The van der Waals surface area contributed by atoms with E-state index in [2.05, 4.69) is 17.1 Å². The number of hydrogen-bond donors (Lipinski definition) is 1. The Labute approximate surface area is 99.8 Å². The highest BCUT2D eigenvalue weighted by atomic mass is 15.2. The number of nitrogens with one attached hydrogen (secondary N) is 1. The molecule has 4 atom stereocenters. The van der Waals surface area contributed by atoms with Gasteiger partial charge in [-0.1, -0.05) is 6.42 Å². The minimum absolute atomic E-state index is 0.737. The molecule has 0 aromatic carbocycles. The Bertz CT molecular complexity index is 241. The lowest BCUT2D eigenvalue weighted by molar-refractivity contribution is 0.0463. The molecule has 3 aliphatic rings. The summed E-state index contributed by atoms with van der Waals surface area (Å²) in [5.74, 6) is 1.05. The van der Waals surface area contributed by atoms with Gasteiger partial charge in [-0.15, -0.1) is 0 Å². The van der Waals surface area contributed by atoms with Crippen molar-refractivity contribution < 1.29 is 0 Å². The molecule has 1 saturated carbocycles. The molecule has 2 heterocycles. The molecule has 2 heteroatoms. The molecule has 0 aromatic rings. The molecule has 0 aromatic heterocycles. The van der Waals surface area contributed by atoms with E-state index >= 15 is 0 Å². The zero-order valence-electron chi connectivity index (χ0n) is 10.6. The highest BCUT2D eigenvalue weighted by molar-refractivity contribution is 4.94. The van der Waals surface area contributed by atoms with Crippen LogP contribution in [0.1, 0.15) is 51.9 Å². The predicted octanol–water partition coefficient (Wildman–Crippen LogP) is 2.39. The van der Waals surface area contributed by atoms with Crippen molar-refractivity contribution in [3.05, 3.63) is 0 Å². The van der Waals surface area contributed by atoms with Crippen molar-refractivity contribution >= 4 is 0 Å². The Morgan fingerprint density at radius 2 is 1.94 bits per heavy atom. The number of hydrogen-bond acceptors (Lipinski definition) is 2. The number of nitrogens with zero attached hydrogens (tertiary/aromatic N) is 1. The second-order valence-electron chi connectivity index (χ2n) is 6.17. The van der Waals surface area contributed by atoms with Gasteiger partial charge in [0.2, 0.25) is 0 Å². The van der Waals surface area contributed by atoms with Crippen LogP contribution >= 0.6 is 0 Å². The van der Waals surface area contributed by atoms with E-state index in [1.165, 1.54) is 58.0 Å². The minimum Gasteiger partial charge on any atom is -0.314 e. The zero-order valence-corrected chi connectivity index (χ0v) is 10.6. The van der Waals surface area contributed by atoms with Crippen LogP contribution in [0.5, 0.6) is 0 Å². The van der Waals surface area contributed by atoms with Crippen LogP contribution in [-0.4, -0.2) is 36.1 Å². The monoisotopic (exact) mass is 222 g/mol. The molecule has 1 N–H and O–H groups in total. The summed E-state index contributed by atoms with van der Waals surface area (Å²) in [4.78, 5) is 2.90. The van der Waals surface area contributed by atoms with Gasteiger partial charge in [0.1, 0.15) is 0 Å². The molecule has 1 aliphatic carbocycles. The summed E-state index contributed by atoms with van der Waals surface area (Å²) in [6, 6.07) is 2.59. The van der Waals surface area contributed by atoms with E-state index in [1.807, 2.05) is 0 Å². The number of likely N-dealkylation sites (tertiary alicyclic amines) is 1. The third kappa shape index (κ3) is 2.02. The van der Waals surface area contributed by atoms with Crippen LogP contribution in [0.3, 0.4) is 0 Å². The van der Waals surface area contributed by atoms with E-state index in [0.717, 1.165) is 24.0 Å². The predicted molar refractivity (Wildman–Crippen MR) is 67.6 cm³/mol. The number of rotatable bonds is 1. The summed E-state index contributed by atoms with van der Waals surface area (Å²) < 4.78 is 0. The van der Waals surface area contributed by atoms with Gasteiger partial charge in [0, 0.05) is 18.1 Å². The highest BCUT2D eigenvalue weighted by Gasteiger charge is 2.38. The van der Waals surface area contributed by atoms with Crippen molar-refractivity contribution in [1.29, 1.82) is 0 Å². The fourth-order valence-electron chi connectivity index (χ4n) is 4.35. The molecule has 3 fully saturated rings. The van der Waals surface area contributed by atoms with Crippen LogP contribution < -0.4 is 5.32 Å². The maximum Gasteiger partial charge on any atom is 0.0126 e. The molecule has 2 aliphatic heterocycles. The quantitative estimate of drug-likeness (QED) is 0.733. The van der Waals surface area contributed by atoms with E-state index in [0.29, 0.717) is 0 Å². The minimum atomic E-state index is 0.737. The van der Waals surface area contributed by atoms with E-state index in [1.54, 1.807) is 0 Å². The maximum absolute atomic E-state index is 3.58. The Morgan fingerprint density at radius 3 is 2.81 bits per heavy atom. The van der Waals surface area contributed by atoms with Crippen LogP contribution in [0.4, 0.5) is 0 Å². The second-order valence-corrected chi connectivity index (χ2v) is 6.17. The summed E-state index contributed by atoms with van der Waals surface area (Å²) >= 11 is 0. The lowest BCUT2D eigenvalue weighted by Crippen LogP contribution is -2.53. The van der Waals surface area contributed by atoms with E-state index in [4.69, 9.17) is 0 Å². The van der Waals surface area contributed by atoms with Crippen molar-refractivity contribution in [2.75, 3.05) is 13.1 Å². The molecule has 2 saturated heterocycles. The smallest absolute Gasteiger partial charge is 0.0126 e. The van der Waals surface area contributed by atoms with Crippen molar-refractivity contribution in [3.8, 4) is 0 Å². The van der Waals surface area contributed by atoms with Crippen molar-refractivity contribution in [1.82, 2.24) is 10.2 Å². The lowest BCUT2D eigenvalue weighted by Gasteiger charge is -2.45. The summed E-state index contributed by atoms with van der Waals surface area (Å²) in [5.41, 5.74) is 0. The number of fused-ring (bicyclic) bond motifs is 1. The van der Waals surface area contributed by atoms with E-state index < -0.39 is 0 Å². The third-order valence-corrected chi connectivity index (χ3v) is 5.10. The molecule has 92 valence electrons. The van der Waals surface area contributed by atoms with E-state index in [-0.39, 0.29) is 0 Å². The Balaban J connectivity index is 1.67. The molecule has 0 bridgehead atoms. The Morgan fingerprint density at radius 1 is 1.06 bits per heavy atom. The molecule has 3 rings (SSSR count). The SMILES string of the molecule is CC1CC(N2CCCC3CCCC32)CCN1. The van der Waals surface area contributed by atoms with Crippen molar-refractivity contribution in [2.45, 2.75) is 70.0 Å². The molecular weight excluding hydrogens is 196 g/mol. The average molecular weight is 222 g/mol. The molecule has 16 heavy (non-hydrogen) atoms. The fraction of sp³-hybridized carbons (Fsp3) is 1.00. The van der Waals surface area contributed by atoms with Crippen LogP contribution in [0.2, 0.25) is 0 Å². The summed E-state index contributed by atoms with van der Waals surface area (Å²) in [5, 5.41) is 3.58. The molecule has 0 spiro atoms. The second kappa shape index (κ2) is 4.66. The molecule has 2 nitrogen and oxygen atoms in total. The van der Waals surface area contributed by atoms with Gasteiger partial charge in [-0.3, -0.25) is 4.90 Å². The lowest BCUT2D eigenvalue weighted by atomic mass is 9.88. The van der Waals surface area contributed by atoms with Gasteiger partial charge in [-0.2, -0.15) is 0 Å². The first-order chi connectivity index (χ1) is 7.84. The standard InChI is InChI=1S/C14H26N2/c1-11-10-13(7-8-15-11)16-9-3-5-12-4-2-6-14(12)16/h11-15H,2-10H2,1H3. The molecule has 0 radical (unpaired) electrons. The topological polar surface area (TPSA) is 15.3 Å². The summed E-state index contributed by atoms with van der Waals surface area (Å²) in [6.07, 6.45) is 10.2. The molecule has 4 unspecified atom stereocenters. The first-order valence-electron chi connectivity index (χ1n) is 7.34. The first kappa shape index (κ1) is 11.0. The molecular formula is C14H26N2. The summed E-state index contributed by atoms with van der Waals surface area (Å²) in [6.45, 7) is 4.97.